The number of hydrogen-bond acceptors (Lipinski definition) is 4. The van der Waals surface area contributed by atoms with E-state index in [1.165, 1.54) is 0 Å². The van der Waals surface area contributed by atoms with Crippen molar-refractivity contribution in [1.29, 1.82) is 0 Å². The Hall–Kier alpha value is -1.83. The third-order valence-corrected chi connectivity index (χ3v) is 4.85. The van der Waals surface area contributed by atoms with Gasteiger partial charge in [-0.1, -0.05) is 0 Å². The third kappa shape index (κ3) is 5.88. The van der Waals surface area contributed by atoms with E-state index in [4.69, 9.17) is 4.99 Å². The maximum absolute atomic E-state index is 11.4. The molecule has 0 unspecified atom stereocenters. The van der Waals surface area contributed by atoms with Crippen LogP contribution in [-0.2, 0) is 9.59 Å². The summed E-state index contributed by atoms with van der Waals surface area (Å²) >= 11 is 0. The molecular formula is C17H32N6O2. The molecule has 0 aromatic heterocycles. The number of carbonyl (C=O) groups is 2. The van der Waals surface area contributed by atoms with Crippen LogP contribution in [0.5, 0.6) is 0 Å². The highest BCUT2D eigenvalue weighted by atomic mass is 16.2. The first-order valence-electron chi connectivity index (χ1n) is 9.28. The van der Waals surface area contributed by atoms with Crippen LogP contribution < -0.4 is 5.32 Å². The molecule has 2 amide bonds. The molecule has 2 fully saturated rings. The fourth-order valence-electron chi connectivity index (χ4n) is 3.24. The van der Waals surface area contributed by atoms with Gasteiger partial charge in [-0.25, -0.2) is 0 Å². The molecule has 142 valence electrons. The van der Waals surface area contributed by atoms with Gasteiger partial charge in [-0.2, -0.15) is 0 Å². The zero-order valence-electron chi connectivity index (χ0n) is 15.8. The van der Waals surface area contributed by atoms with E-state index >= 15 is 0 Å². The molecule has 25 heavy (non-hydrogen) atoms. The molecule has 0 aliphatic carbocycles. The maximum Gasteiger partial charge on any atom is 0.219 e. The number of rotatable bonds is 4. The first kappa shape index (κ1) is 19.5. The summed E-state index contributed by atoms with van der Waals surface area (Å²) in [7, 11) is 0. The van der Waals surface area contributed by atoms with Crippen molar-refractivity contribution in [2.45, 2.75) is 20.8 Å². The number of piperazine rings is 2. The van der Waals surface area contributed by atoms with Gasteiger partial charge in [0.15, 0.2) is 5.96 Å². The van der Waals surface area contributed by atoms with E-state index in [-0.39, 0.29) is 11.8 Å². The SMILES string of the molecule is CCNC(=NCCN1CCN(C(C)=O)CC1)N1CCN(C(C)=O)CC1. The van der Waals surface area contributed by atoms with Crippen molar-refractivity contribution in [3.05, 3.63) is 0 Å². The summed E-state index contributed by atoms with van der Waals surface area (Å²) in [4.78, 5) is 36.0. The summed E-state index contributed by atoms with van der Waals surface area (Å²) in [6.07, 6.45) is 0. The van der Waals surface area contributed by atoms with E-state index in [9.17, 15) is 9.59 Å². The lowest BCUT2D eigenvalue weighted by Crippen LogP contribution is -2.53. The van der Waals surface area contributed by atoms with Gasteiger partial charge in [0.1, 0.15) is 0 Å². The minimum atomic E-state index is 0.145. The van der Waals surface area contributed by atoms with E-state index in [1.807, 2.05) is 9.80 Å². The summed E-state index contributed by atoms with van der Waals surface area (Å²) in [5, 5.41) is 3.36. The second-order valence-electron chi connectivity index (χ2n) is 6.58. The molecule has 0 bridgehead atoms. The Bertz CT molecular complexity index is 480. The van der Waals surface area contributed by atoms with Crippen molar-refractivity contribution < 1.29 is 9.59 Å². The highest BCUT2D eigenvalue weighted by Gasteiger charge is 2.21. The van der Waals surface area contributed by atoms with Crippen LogP contribution in [0.4, 0.5) is 0 Å². The predicted octanol–water partition coefficient (Wildman–Crippen LogP) is -0.720. The Kier molecular flexibility index (Phi) is 7.49. The minimum absolute atomic E-state index is 0.145. The molecule has 8 heteroatoms. The normalized spacial score (nSPS) is 20.0. The zero-order valence-corrected chi connectivity index (χ0v) is 15.8. The molecule has 2 aliphatic rings. The lowest BCUT2D eigenvalue weighted by molar-refractivity contribution is -0.131. The van der Waals surface area contributed by atoms with Crippen LogP contribution in [0.1, 0.15) is 20.8 Å². The van der Waals surface area contributed by atoms with Crippen molar-refractivity contribution in [3.63, 3.8) is 0 Å². The molecule has 0 spiro atoms. The average Bonchev–Trinajstić information content (AvgIpc) is 2.61. The van der Waals surface area contributed by atoms with Gasteiger partial charge in [-0.05, 0) is 6.92 Å². The van der Waals surface area contributed by atoms with E-state index in [0.29, 0.717) is 0 Å². The summed E-state index contributed by atoms with van der Waals surface area (Å²) in [5.74, 6) is 1.25. The van der Waals surface area contributed by atoms with Crippen molar-refractivity contribution >= 4 is 17.8 Å². The van der Waals surface area contributed by atoms with E-state index < -0.39 is 0 Å². The summed E-state index contributed by atoms with van der Waals surface area (Å²) < 4.78 is 0. The molecule has 2 saturated heterocycles. The number of guanidine groups is 1. The molecule has 8 nitrogen and oxygen atoms in total. The Morgan fingerprint density at radius 1 is 0.840 bits per heavy atom. The largest absolute Gasteiger partial charge is 0.357 e. The van der Waals surface area contributed by atoms with E-state index in [0.717, 1.165) is 78.0 Å². The van der Waals surface area contributed by atoms with Gasteiger partial charge in [0.25, 0.3) is 0 Å². The van der Waals surface area contributed by atoms with Crippen LogP contribution in [0.3, 0.4) is 0 Å². The molecule has 0 atom stereocenters. The first-order chi connectivity index (χ1) is 12.0. The fourth-order valence-corrected chi connectivity index (χ4v) is 3.24. The van der Waals surface area contributed by atoms with Gasteiger partial charge in [0.2, 0.25) is 11.8 Å². The van der Waals surface area contributed by atoms with Crippen LogP contribution in [0.15, 0.2) is 4.99 Å². The van der Waals surface area contributed by atoms with Gasteiger partial charge in [-0.15, -0.1) is 0 Å². The number of nitrogens with one attached hydrogen (secondary N) is 1. The Balaban J connectivity index is 1.78. The Morgan fingerprint density at radius 3 is 1.80 bits per heavy atom. The average molecular weight is 352 g/mol. The second kappa shape index (κ2) is 9.60. The zero-order chi connectivity index (χ0) is 18.2. The number of nitrogens with zero attached hydrogens (tertiary/aromatic N) is 5. The van der Waals surface area contributed by atoms with Gasteiger partial charge in [0.05, 0.1) is 6.54 Å². The Labute approximate surface area is 150 Å². The van der Waals surface area contributed by atoms with Crippen LogP contribution in [0.2, 0.25) is 0 Å². The molecule has 0 aromatic carbocycles. The van der Waals surface area contributed by atoms with Crippen LogP contribution in [-0.4, -0.2) is 109 Å². The molecule has 2 heterocycles. The summed E-state index contributed by atoms with van der Waals surface area (Å²) in [5.41, 5.74) is 0. The molecule has 0 saturated carbocycles. The van der Waals surface area contributed by atoms with Crippen molar-refractivity contribution in [3.8, 4) is 0 Å². The molecule has 0 aromatic rings. The van der Waals surface area contributed by atoms with Crippen LogP contribution in [0, 0.1) is 0 Å². The fraction of sp³-hybridized carbons (Fsp3) is 0.824. The predicted molar refractivity (Wildman–Crippen MR) is 98.5 cm³/mol. The van der Waals surface area contributed by atoms with E-state index in [2.05, 4.69) is 22.0 Å². The maximum atomic E-state index is 11.4. The lowest BCUT2D eigenvalue weighted by atomic mass is 10.3. The molecular weight excluding hydrogens is 320 g/mol. The number of aliphatic imine (C=N–C) groups is 1. The highest BCUT2D eigenvalue weighted by Crippen LogP contribution is 2.04. The molecule has 0 radical (unpaired) electrons. The van der Waals surface area contributed by atoms with E-state index in [1.54, 1.807) is 13.8 Å². The number of carbonyl (C=O) groups excluding carboxylic acids is 2. The molecule has 2 rings (SSSR count). The van der Waals surface area contributed by atoms with Gasteiger partial charge < -0.3 is 20.0 Å². The third-order valence-electron chi connectivity index (χ3n) is 4.85. The van der Waals surface area contributed by atoms with Gasteiger partial charge >= 0.3 is 0 Å². The molecule has 1 N–H and O–H groups in total. The standard InChI is InChI=1S/C17H32N6O2/c1-4-18-17(23-13-11-22(12-14-23)16(3)25)19-5-6-20-7-9-21(10-8-20)15(2)24/h4-14H2,1-3H3,(H,18,19). The number of amides is 2. The van der Waals surface area contributed by atoms with Crippen molar-refractivity contribution in [2.24, 2.45) is 4.99 Å². The molecule has 2 aliphatic heterocycles. The number of hydrogen-bond donors (Lipinski definition) is 1. The van der Waals surface area contributed by atoms with Gasteiger partial charge in [0, 0.05) is 79.3 Å². The first-order valence-corrected chi connectivity index (χ1v) is 9.28. The summed E-state index contributed by atoms with van der Waals surface area (Å²) in [6.45, 7) is 14.4. The van der Waals surface area contributed by atoms with Crippen molar-refractivity contribution in [2.75, 3.05) is 72.0 Å². The lowest BCUT2D eigenvalue weighted by Gasteiger charge is -2.36. The quantitative estimate of drug-likeness (QED) is 0.534. The summed E-state index contributed by atoms with van der Waals surface area (Å²) in [6, 6.07) is 0. The minimum Gasteiger partial charge on any atom is -0.357 e. The second-order valence-corrected chi connectivity index (χ2v) is 6.58. The van der Waals surface area contributed by atoms with Crippen LogP contribution in [0.25, 0.3) is 0 Å². The Morgan fingerprint density at radius 2 is 1.32 bits per heavy atom. The monoisotopic (exact) mass is 352 g/mol. The van der Waals surface area contributed by atoms with Gasteiger partial charge in [-0.3, -0.25) is 19.5 Å². The topological polar surface area (TPSA) is 71.5 Å². The highest BCUT2D eigenvalue weighted by molar-refractivity contribution is 5.80. The van der Waals surface area contributed by atoms with Crippen molar-refractivity contribution in [1.82, 2.24) is 24.9 Å². The van der Waals surface area contributed by atoms with Crippen LogP contribution >= 0.6 is 0 Å². The smallest absolute Gasteiger partial charge is 0.219 e.